The SMILES string of the molecule is COc1ccc(N2CCC[C@@]3(CCC[C@]3(O)C3CC3)C2=O)cc1. The van der Waals surface area contributed by atoms with E-state index in [1.807, 2.05) is 29.2 Å². The van der Waals surface area contributed by atoms with Crippen LogP contribution in [0.3, 0.4) is 0 Å². The van der Waals surface area contributed by atoms with Crippen LogP contribution in [-0.4, -0.2) is 30.3 Å². The van der Waals surface area contributed by atoms with E-state index in [2.05, 4.69) is 0 Å². The lowest BCUT2D eigenvalue weighted by molar-refractivity contribution is -0.151. The van der Waals surface area contributed by atoms with Crippen LogP contribution in [0.4, 0.5) is 5.69 Å². The molecule has 2 atom stereocenters. The number of benzene rings is 1. The van der Waals surface area contributed by atoms with Gasteiger partial charge in [-0.1, -0.05) is 0 Å². The summed E-state index contributed by atoms with van der Waals surface area (Å²) in [6, 6.07) is 7.68. The topological polar surface area (TPSA) is 49.8 Å². The molecule has 0 aromatic heterocycles. The van der Waals surface area contributed by atoms with Gasteiger partial charge in [-0.2, -0.15) is 0 Å². The smallest absolute Gasteiger partial charge is 0.236 e. The second kappa shape index (κ2) is 5.23. The number of piperidine rings is 1. The number of hydrogen-bond donors (Lipinski definition) is 1. The summed E-state index contributed by atoms with van der Waals surface area (Å²) < 4.78 is 5.21. The molecule has 2 saturated carbocycles. The van der Waals surface area contributed by atoms with Gasteiger partial charge < -0.3 is 14.7 Å². The number of hydrogen-bond acceptors (Lipinski definition) is 3. The summed E-state index contributed by atoms with van der Waals surface area (Å²) in [7, 11) is 1.64. The summed E-state index contributed by atoms with van der Waals surface area (Å²) in [6.45, 7) is 0.744. The number of carbonyl (C=O) groups excluding carboxylic acids is 1. The first kappa shape index (κ1) is 15.0. The maximum Gasteiger partial charge on any atom is 0.236 e. The Labute approximate surface area is 137 Å². The van der Waals surface area contributed by atoms with E-state index in [4.69, 9.17) is 4.74 Å². The highest BCUT2D eigenvalue weighted by atomic mass is 16.5. The van der Waals surface area contributed by atoms with Gasteiger partial charge in [-0.25, -0.2) is 0 Å². The Hall–Kier alpha value is -1.55. The van der Waals surface area contributed by atoms with Crippen molar-refractivity contribution in [3.63, 3.8) is 0 Å². The highest BCUT2D eigenvalue weighted by molar-refractivity contribution is 5.99. The third-order valence-electron chi connectivity index (χ3n) is 6.27. The summed E-state index contributed by atoms with van der Waals surface area (Å²) in [5.74, 6) is 1.27. The molecule has 1 spiro atoms. The Balaban J connectivity index is 1.66. The monoisotopic (exact) mass is 315 g/mol. The lowest BCUT2D eigenvalue weighted by atomic mass is 9.66. The van der Waals surface area contributed by atoms with Crippen LogP contribution in [0.2, 0.25) is 0 Å². The van der Waals surface area contributed by atoms with Crippen molar-refractivity contribution < 1.29 is 14.6 Å². The lowest BCUT2D eigenvalue weighted by Crippen LogP contribution is -2.59. The highest BCUT2D eigenvalue weighted by Crippen LogP contribution is 2.61. The summed E-state index contributed by atoms with van der Waals surface area (Å²) in [5, 5.41) is 11.4. The highest BCUT2D eigenvalue weighted by Gasteiger charge is 2.65. The van der Waals surface area contributed by atoms with Crippen molar-refractivity contribution in [2.75, 3.05) is 18.6 Å². The summed E-state index contributed by atoms with van der Waals surface area (Å²) in [6.07, 6.45) is 6.56. The van der Waals surface area contributed by atoms with Crippen LogP contribution in [0.1, 0.15) is 44.9 Å². The second-order valence-electron chi connectivity index (χ2n) is 7.39. The molecule has 0 unspecified atom stereocenters. The molecule has 4 rings (SSSR count). The van der Waals surface area contributed by atoms with Crippen LogP contribution in [0.25, 0.3) is 0 Å². The molecule has 4 heteroatoms. The molecule has 1 aromatic carbocycles. The molecule has 23 heavy (non-hydrogen) atoms. The quantitative estimate of drug-likeness (QED) is 0.932. The van der Waals surface area contributed by atoms with Crippen molar-refractivity contribution in [2.45, 2.75) is 50.5 Å². The molecule has 3 aliphatic rings. The Morgan fingerprint density at radius 2 is 1.83 bits per heavy atom. The Morgan fingerprint density at radius 1 is 1.13 bits per heavy atom. The maximum absolute atomic E-state index is 13.4. The predicted molar refractivity (Wildman–Crippen MR) is 88.5 cm³/mol. The molecule has 1 aromatic rings. The molecule has 0 radical (unpaired) electrons. The first-order valence-electron chi connectivity index (χ1n) is 8.79. The minimum atomic E-state index is -0.769. The Morgan fingerprint density at radius 3 is 2.48 bits per heavy atom. The number of nitrogens with zero attached hydrogens (tertiary/aromatic N) is 1. The number of anilines is 1. The number of ether oxygens (including phenoxy) is 1. The number of carbonyl (C=O) groups is 1. The van der Waals surface area contributed by atoms with Gasteiger partial charge in [-0.15, -0.1) is 0 Å². The molecule has 1 N–H and O–H groups in total. The van der Waals surface area contributed by atoms with E-state index in [9.17, 15) is 9.90 Å². The largest absolute Gasteiger partial charge is 0.497 e. The van der Waals surface area contributed by atoms with Gasteiger partial charge in [0.05, 0.1) is 18.1 Å². The van der Waals surface area contributed by atoms with E-state index in [-0.39, 0.29) is 5.91 Å². The van der Waals surface area contributed by atoms with Gasteiger partial charge in [0.2, 0.25) is 5.91 Å². The number of amides is 1. The van der Waals surface area contributed by atoms with Crippen molar-refractivity contribution in [2.24, 2.45) is 11.3 Å². The molecule has 3 fully saturated rings. The minimum absolute atomic E-state index is 0.140. The fourth-order valence-electron chi connectivity index (χ4n) is 4.92. The van der Waals surface area contributed by atoms with Crippen LogP contribution < -0.4 is 9.64 Å². The number of methoxy groups -OCH3 is 1. The first-order chi connectivity index (χ1) is 11.1. The molecular formula is C19H25NO3. The van der Waals surface area contributed by atoms with Crippen molar-refractivity contribution in [3.05, 3.63) is 24.3 Å². The zero-order valence-corrected chi connectivity index (χ0v) is 13.8. The molecule has 4 nitrogen and oxygen atoms in total. The van der Waals surface area contributed by atoms with Gasteiger partial charge in [0, 0.05) is 12.2 Å². The second-order valence-corrected chi connectivity index (χ2v) is 7.39. The average Bonchev–Trinajstić information content (AvgIpc) is 3.37. The third-order valence-corrected chi connectivity index (χ3v) is 6.27. The predicted octanol–water partition coefficient (Wildman–Crippen LogP) is 3.13. The van der Waals surface area contributed by atoms with Crippen LogP contribution in [0, 0.1) is 11.3 Å². The van der Waals surface area contributed by atoms with Gasteiger partial charge in [-0.05, 0) is 75.1 Å². The van der Waals surface area contributed by atoms with Crippen molar-refractivity contribution in [1.82, 2.24) is 0 Å². The van der Waals surface area contributed by atoms with Crippen LogP contribution in [-0.2, 0) is 4.79 Å². The molecule has 124 valence electrons. The molecule has 0 bridgehead atoms. The first-order valence-corrected chi connectivity index (χ1v) is 8.79. The molecule has 1 amide bonds. The standard InChI is InChI=1S/C19H25NO3/c1-23-16-8-6-15(7-9-16)20-13-3-11-18(17(20)21)10-2-12-19(18,22)14-4-5-14/h6-9,14,22H,2-5,10-13H2,1H3/t18-,19-/m0/s1. The fourth-order valence-corrected chi connectivity index (χ4v) is 4.92. The summed E-state index contributed by atoms with van der Waals surface area (Å²) in [5.41, 5.74) is -0.401. The Kier molecular flexibility index (Phi) is 3.41. The molecule has 1 aliphatic heterocycles. The third kappa shape index (κ3) is 2.11. The van der Waals surface area contributed by atoms with E-state index in [0.29, 0.717) is 5.92 Å². The normalized spacial score (nSPS) is 34.2. The van der Waals surface area contributed by atoms with Crippen LogP contribution >= 0.6 is 0 Å². The van der Waals surface area contributed by atoms with Gasteiger partial charge in [0.25, 0.3) is 0 Å². The fraction of sp³-hybridized carbons (Fsp3) is 0.632. The minimum Gasteiger partial charge on any atom is -0.497 e. The molecule has 1 heterocycles. The average molecular weight is 315 g/mol. The number of rotatable bonds is 3. The van der Waals surface area contributed by atoms with Gasteiger partial charge in [0.15, 0.2) is 0 Å². The maximum atomic E-state index is 13.4. The molecule has 2 aliphatic carbocycles. The van der Waals surface area contributed by atoms with Crippen molar-refractivity contribution in [1.29, 1.82) is 0 Å². The van der Waals surface area contributed by atoms with Gasteiger partial charge in [0.1, 0.15) is 5.75 Å². The van der Waals surface area contributed by atoms with E-state index in [0.717, 1.165) is 62.9 Å². The summed E-state index contributed by atoms with van der Waals surface area (Å²) >= 11 is 0. The molecular weight excluding hydrogens is 290 g/mol. The van der Waals surface area contributed by atoms with E-state index in [1.165, 1.54) is 0 Å². The summed E-state index contributed by atoms with van der Waals surface area (Å²) in [4.78, 5) is 15.3. The lowest BCUT2D eigenvalue weighted by Gasteiger charge is -2.47. The van der Waals surface area contributed by atoms with Crippen LogP contribution in [0.15, 0.2) is 24.3 Å². The van der Waals surface area contributed by atoms with Crippen LogP contribution in [0.5, 0.6) is 5.75 Å². The number of aliphatic hydroxyl groups is 1. The zero-order chi connectivity index (χ0) is 16.1. The van der Waals surface area contributed by atoms with Gasteiger partial charge >= 0.3 is 0 Å². The van der Waals surface area contributed by atoms with Crippen molar-refractivity contribution in [3.8, 4) is 5.75 Å². The Bertz CT molecular complexity index is 610. The zero-order valence-electron chi connectivity index (χ0n) is 13.8. The van der Waals surface area contributed by atoms with E-state index < -0.39 is 11.0 Å². The van der Waals surface area contributed by atoms with Gasteiger partial charge in [-0.3, -0.25) is 4.79 Å². The van der Waals surface area contributed by atoms with E-state index >= 15 is 0 Å². The van der Waals surface area contributed by atoms with Crippen molar-refractivity contribution >= 4 is 11.6 Å². The molecule has 1 saturated heterocycles. The van der Waals surface area contributed by atoms with E-state index in [1.54, 1.807) is 7.11 Å².